The summed E-state index contributed by atoms with van der Waals surface area (Å²) in [6.07, 6.45) is 4.08. The van der Waals surface area contributed by atoms with Crippen molar-refractivity contribution in [2.45, 2.75) is 33.6 Å². The Kier molecular flexibility index (Phi) is 7.01. The average molecular weight is 386 g/mol. The van der Waals surface area contributed by atoms with Crippen LogP contribution in [0.5, 0.6) is 0 Å². The highest BCUT2D eigenvalue weighted by molar-refractivity contribution is 7.71. The molecule has 142 valence electrons. The number of H-pyrrole nitrogens is 1. The monoisotopic (exact) mass is 386 g/mol. The van der Waals surface area contributed by atoms with Crippen LogP contribution in [-0.4, -0.2) is 33.7 Å². The van der Waals surface area contributed by atoms with Crippen molar-refractivity contribution in [2.24, 2.45) is 0 Å². The third-order valence-corrected chi connectivity index (χ3v) is 4.03. The number of carbonyl (C=O) groups is 3. The lowest BCUT2D eigenvalue weighted by molar-refractivity contribution is -0.152. The number of fused-ring (bicyclic) bond motifs is 1. The second-order valence-corrected chi connectivity index (χ2v) is 6.65. The molecule has 0 amide bonds. The standard InChI is InChI=1S/C20H22N2O4S/c1-4-5-10-26-19(25)18(24)14(17(23)11-13(2)3)12-22-16-9-7-6-8-15(16)21-20(22)27/h6-9,11-12H,4-5,10H2,1-3H3,(H,21,27)/b14-12-. The zero-order valence-corrected chi connectivity index (χ0v) is 16.4. The quantitative estimate of drug-likeness (QED) is 0.141. The smallest absolute Gasteiger partial charge is 0.379 e. The summed E-state index contributed by atoms with van der Waals surface area (Å²) in [7, 11) is 0. The molecule has 2 aromatic rings. The summed E-state index contributed by atoms with van der Waals surface area (Å²) < 4.78 is 6.79. The number of benzene rings is 1. The van der Waals surface area contributed by atoms with Crippen molar-refractivity contribution < 1.29 is 19.1 Å². The minimum atomic E-state index is -1.04. The van der Waals surface area contributed by atoms with E-state index in [9.17, 15) is 14.4 Å². The third kappa shape index (κ3) is 5.10. The molecule has 1 aromatic carbocycles. The van der Waals surface area contributed by atoms with Gasteiger partial charge in [0.25, 0.3) is 5.78 Å². The minimum absolute atomic E-state index is 0.137. The lowest BCUT2D eigenvalue weighted by atomic mass is 10.1. The number of hydrogen-bond acceptors (Lipinski definition) is 5. The van der Waals surface area contributed by atoms with E-state index in [4.69, 9.17) is 17.0 Å². The van der Waals surface area contributed by atoms with Crippen LogP contribution in [0.4, 0.5) is 0 Å². The van der Waals surface area contributed by atoms with Gasteiger partial charge in [-0.3, -0.25) is 14.2 Å². The van der Waals surface area contributed by atoms with Crippen LogP contribution in [0.2, 0.25) is 0 Å². The number of esters is 1. The zero-order chi connectivity index (χ0) is 20.0. The van der Waals surface area contributed by atoms with E-state index < -0.39 is 17.5 Å². The van der Waals surface area contributed by atoms with Gasteiger partial charge in [-0.25, -0.2) is 4.79 Å². The van der Waals surface area contributed by atoms with E-state index in [1.54, 1.807) is 19.9 Å². The van der Waals surface area contributed by atoms with Gasteiger partial charge < -0.3 is 9.72 Å². The van der Waals surface area contributed by atoms with Crippen molar-refractivity contribution in [1.29, 1.82) is 0 Å². The van der Waals surface area contributed by atoms with Crippen LogP contribution in [0.25, 0.3) is 17.2 Å². The molecular weight excluding hydrogens is 364 g/mol. The molecule has 6 nitrogen and oxygen atoms in total. The molecular formula is C20H22N2O4S. The second-order valence-electron chi connectivity index (χ2n) is 6.26. The van der Waals surface area contributed by atoms with Crippen LogP contribution in [0, 0.1) is 4.77 Å². The zero-order valence-electron chi connectivity index (χ0n) is 15.6. The van der Waals surface area contributed by atoms with Crippen LogP contribution in [0.15, 0.2) is 41.5 Å². The number of Topliss-reactive ketones (excluding diaryl/α,β-unsaturated/α-hetero) is 1. The van der Waals surface area contributed by atoms with Gasteiger partial charge in [-0.2, -0.15) is 0 Å². The number of allylic oxidation sites excluding steroid dienone is 2. The average Bonchev–Trinajstić information content (AvgIpc) is 2.93. The molecule has 0 spiro atoms. The fourth-order valence-corrected chi connectivity index (χ4v) is 2.65. The molecule has 0 fully saturated rings. The molecule has 7 heteroatoms. The Labute approximate surface area is 162 Å². The van der Waals surface area contributed by atoms with E-state index in [1.165, 1.54) is 16.8 Å². The summed E-state index contributed by atoms with van der Waals surface area (Å²) in [6.45, 7) is 5.55. The van der Waals surface area contributed by atoms with Gasteiger partial charge in [0, 0.05) is 6.20 Å². The predicted octanol–water partition coefficient (Wildman–Crippen LogP) is 3.99. The van der Waals surface area contributed by atoms with E-state index in [1.807, 2.05) is 25.1 Å². The number of aromatic nitrogens is 2. The first-order valence-electron chi connectivity index (χ1n) is 8.67. The van der Waals surface area contributed by atoms with Crippen LogP contribution in [-0.2, 0) is 19.1 Å². The number of aromatic amines is 1. The maximum Gasteiger partial charge on any atom is 0.379 e. The van der Waals surface area contributed by atoms with Crippen LogP contribution < -0.4 is 0 Å². The Bertz CT molecular complexity index is 991. The molecule has 0 bridgehead atoms. The van der Waals surface area contributed by atoms with Gasteiger partial charge in [0.15, 0.2) is 10.6 Å². The highest BCUT2D eigenvalue weighted by Gasteiger charge is 2.26. The van der Waals surface area contributed by atoms with Crippen molar-refractivity contribution in [3.8, 4) is 0 Å². The predicted molar refractivity (Wildman–Crippen MR) is 107 cm³/mol. The SMILES string of the molecule is CCCCOC(=O)C(=O)/C(=C\n1c(=S)[nH]c2ccccc21)C(=O)C=C(C)C. The van der Waals surface area contributed by atoms with Crippen LogP contribution in [0.3, 0.4) is 0 Å². The fourth-order valence-electron chi connectivity index (χ4n) is 2.39. The van der Waals surface area contributed by atoms with Gasteiger partial charge in [-0.1, -0.05) is 31.1 Å². The van der Waals surface area contributed by atoms with Crippen molar-refractivity contribution >= 4 is 47.0 Å². The molecule has 0 saturated carbocycles. The first kappa shape index (κ1) is 20.5. The maximum atomic E-state index is 12.6. The Morgan fingerprint density at radius 1 is 1.22 bits per heavy atom. The van der Waals surface area contributed by atoms with Crippen LogP contribution >= 0.6 is 12.2 Å². The van der Waals surface area contributed by atoms with Gasteiger partial charge in [0.1, 0.15) is 0 Å². The normalized spacial score (nSPS) is 11.3. The molecule has 27 heavy (non-hydrogen) atoms. The number of unbranched alkanes of at least 4 members (excludes halogenated alkanes) is 1. The van der Waals surface area contributed by atoms with E-state index in [-0.39, 0.29) is 12.2 Å². The van der Waals surface area contributed by atoms with E-state index in [0.29, 0.717) is 22.3 Å². The van der Waals surface area contributed by atoms with Crippen molar-refractivity contribution in [3.05, 3.63) is 46.3 Å². The topological polar surface area (TPSA) is 81.2 Å². The molecule has 0 atom stereocenters. The van der Waals surface area contributed by atoms with Gasteiger partial charge in [-0.05, 0) is 50.7 Å². The summed E-state index contributed by atoms with van der Waals surface area (Å²) in [6, 6.07) is 7.28. The van der Waals surface area contributed by atoms with Crippen molar-refractivity contribution in [2.75, 3.05) is 6.61 Å². The molecule has 2 rings (SSSR count). The molecule has 1 heterocycles. The van der Waals surface area contributed by atoms with Gasteiger partial charge in [-0.15, -0.1) is 0 Å². The Morgan fingerprint density at radius 2 is 1.93 bits per heavy atom. The summed E-state index contributed by atoms with van der Waals surface area (Å²) in [4.78, 5) is 40.3. The molecule has 0 unspecified atom stereocenters. The van der Waals surface area contributed by atoms with E-state index in [2.05, 4.69) is 4.98 Å². The molecule has 1 aromatic heterocycles. The number of nitrogens with one attached hydrogen (secondary N) is 1. The number of para-hydroxylation sites is 2. The molecule has 1 N–H and O–H groups in total. The number of carbonyl (C=O) groups excluding carboxylic acids is 3. The number of hydrogen-bond donors (Lipinski definition) is 1. The lowest BCUT2D eigenvalue weighted by Crippen LogP contribution is -2.24. The number of ether oxygens (including phenoxy) is 1. The Balaban J connectivity index is 2.50. The lowest BCUT2D eigenvalue weighted by Gasteiger charge is -2.06. The summed E-state index contributed by atoms with van der Waals surface area (Å²) >= 11 is 5.29. The molecule has 0 radical (unpaired) electrons. The molecule has 0 aliphatic heterocycles. The molecule has 0 aliphatic carbocycles. The number of ketones is 2. The first-order chi connectivity index (χ1) is 12.8. The third-order valence-electron chi connectivity index (χ3n) is 3.73. The van der Waals surface area contributed by atoms with Crippen LogP contribution in [0.1, 0.15) is 33.6 Å². The summed E-state index contributed by atoms with van der Waals surface area (Å²) in [5.74, 6) is -2.60. The van der Waals surface area contributed by atoms with Crippen molar-refractivity contribution in [3.63, 3.8) is 0 Å². The maximum absolute atomic E-state index is 12.6. The van der Waals surface area contributed by atoms with E-state index in [0.717, 1.165) is 11.9 Å². The largest absolute Gasteiger partial charge is 0.460 e. The highest BCUT2D eigenvalue weighted by Crippen LogP contribution is 2.16. The van der Waals surface area contributed by atoms with Gasteiger partial charge >= 0.3 is 5.97 Å². The minimum Gasteiger partial charge on any atom is -0.460 e. The highest BCUT2D eigenvalue weighted by atomic mass is 32.1. The summed E-state index contributed by atoms with van der Waals surface area (Å²) in [5.41, 5.74) is 1.86. The van der Waals surface area contributed by atoms with E-state index >= 15 is 0 Å². The first-order valence-corrected chi connectivity index (χ1v) is 9.07. The number of imidazole rings is 1. The second kappa shape index (κ2) is 9.23. The number of nitrogens with zero attached hydrogens (tertiary/aromatic N) is 1. The molecule has 0 saturated heterocycles. The molecule has 0 aliphatic rings. The van der Waals surface area contributed by atoms with Crippen molar-refractivity contribution in [1.82, 2.24) is 9.55 Å². The van der Waals surface area contributed by atoms with Gasteiger partial charge in [0.2, 0.25) is 0 Å². The Morgan fingerprint density at radius 3 is 2.59 bits per heavy atom. The fraction of sp³-hybridized carbons (Fsp3) is 0.300. The Hall–Kier alpha value is -2.80. The number of rotatable bonds is 8. The summed E-state index contributed by atoms with van der Waals surface area (Å²) in [5, 5.41) is 0. The van der Waals surface area contributed by atoms with Gasteiger partial charge in [0.05, 0.1) is 23.2 Å².